The summed E-state index contributed by atoms with van der Waals surface area (Å²) in [7, 11) is 2.95. The number of benzene rings is 1. The van der Waals surface area contributed by atoms with Crippen molar-refractivity contribution in [1.82, 2.24) is 19.1 Å². The number of hydrogen-bond acceptors (Lipinski definition) is 6. The second-order valence-corrected chi connectivity index (χ2v) is 6.57. The van der Waals surface area contributed by atoms with Crippen molar-refractivity contribution in [2.24, 2.45) is 7.05 Å². The number of carbonyl (C=O) groups excluding carboxylic acids is 1. The largest absolute Gasteiger partial charge is 0.469 e. The van der Waals surface area contributed by atoms with Crippen LogP contribution in [0.25, 0.3) is 27.6 Å². The second kappa shape index (κ2) is 7.31. The van der Waals surface area contributed by atoms with Gasteiger partial charge in [-0.2, -0.15) is 0 Å². The van der Waals surface area contributed by atoms with E-state index in [1.54, 1.807) is 43.6 Å². The van der Waals surface area contributed by atoms with Crippen LogP contribution < -0.4 is 11.2 Å². The number of aryl methyl sites for hydroxylation is 2. The van der Waals surface area contributed by atoms with Crippen LogP contribution in [0.4, 0.5) is 0 Å². The van der Waals surface area contributed by atoms with Crippen LogP contribution in [0.2, 0.25) is 0 Å². The molecule has 8 heteroatoms. The predicted octanol–water partition coefficient (Wildman–Crippen LogP) is 1.74. The Labute approximate surface area is 165 Å². The number of aromatic nitrogens is 4. The summed E-state index contributed by atoms with van der Waals surface area (Å²) in [4.78, 5) is 46.2. The Bertz CT molecular complexity index is 1370. The van der Waals surface area contributed by atoms with Crippen molar-refractivity contribution in [1.29, 1.82) is 0 Å². The van der Waals surface area contributed by atoms with Crippen LogP contribution in [-0.4, -0.2) is 32.2 Å². The first-order valence-corrected chi connectivity index (χ1v) is 9.03. The average molecular weight is 390 g/mol. The van der Waals surface area contributed by atoms with Crippen molar-refractivity contribution in [2.45, 2.75) is 12.8 Å². The van der Waals surface area contributed by atoms with E-state index >= 15 is 0 Å². The molecule has 3 heterocycles. The highest BCUT2D eigenvalue weighted by molar-refractivity contribution is 5.90. The first-order valence-electron chi connectivity index (χ1n) is 9.03. The molecule has 0 aliphatic carbocycles. The van der Waals surface area contributed by atoms with E-state index in [0.29, 0.717) is 23.1 Å². The van der Waals surface area contributed by atoms with Gasteiger partial charge in [-0.15, -0.1) is 0 Å². The highest BCUT2D eigenvalue weighted by Gasteiger charge is 2.17. The van der Waals surface area contributed by atoms with Gasteiger partial charge in [-0.25, -0.2) is 14.3 Å². The molecule has 0 saturated carbocycles. The minimum absolute atomic E-state index is 0.202. The Morgan fingerprint density at radius 3 is 2.52 bits per heavy atom. The Balaban J connectivity index is 1.98. The number of methoxy groups -OCH3 is 1. The Morgan fingerprint density at radius 2 is 1.76 bits per heavy atom. The van der Waals surface area contributed by atoms with Gasteiger partial charge in [-0.1, -0.05) is 12.1 Å². The van der Waals surface area contributed by atoms with Gasteiger partial charge < -0.3 is 4.74 Å². The maximum Gasteiger partial charge on any atom is 0.336 e. The number of hydrogen-bond donors (Lipinski definition) is 0. The third-order valence-electron chi connectivity index (χ3n) is 4.94. The molecule has 0 aliphatic heterocycles. The van der Waals surface area contributed by atoms with Crippen LogP contribution in [0.3, 0.4) is 0 Å². The van der Waals surface area contributed by atoms with Crippen molar-refractivity contribution >= 4 is 27.9 Å². The summed E-state index contributed by atoms with van der Waals surface area (Å²) >= 11 is 0. The average Bonchev–Trinajstić information content (AvgIpc) is 2.76. The minimum Gasteiger partial charge on any atom is -0.469 e. The lowest BCUT2D eigenvalue weighted by Gasteiger charge is -2.13. The van der Waals surface area contributed by atoms with E-state index in [1.165, 1.54) is 17.9 Å². The molecule has 0 spiro atoms. The molecule has 0 unspecified atom stereocenters. The van der Waals surface area contributed by atoms with Gasteiger partial charge in [0.05, 0.1) is 23.8 Å². The van der Waals surface area contributed by atoms with Gasteiger partial charge in [0, 0.05) is 31.2 Å². The van der Waals surface area contributed by atoms with Crippen LogP contribution in [0, 0.1) is 0 Å². The standard InChI is InChI=1S/C21H18N4O4/c1-24-15-6-4-12-23-19(15)20(27)25(21(24)28)16-9-7-13(8-10-17(26)29-2)14-5-3-11-22-18(14)16/h3-7,9,11-12H,8,10H2,1-2H3. The van der Waals surface area contributed by atoms with Gasteiger partial charge in [0.2, 0.25) is 0 Å². The van der Waals surface area contributed by atoms with E-state index in [9.17, 15) is 14.4 Å². The van der Waals surface area contributed by atoms with Crippen LogP contribution in [0.15, 0.2) is 58.4 Å². The Kier molecular flexibility index (Phi) is 4.67. The summed E-state index contributed by atoms with van der Waals surface area (Å²) in [6.45, 7) is 0. The van der Waals surface area contributed by atoms with Gasteiger partial charge in [0.15, 0.2) is 5.52 Å². The predicted molar refractivity (Wildman–Crippen MR) is 108 cm³/mol. The summed E-state index contributed by atoms with van der Waals surface area (Å²) in [5, 5.41) is 0.768. The molecule has 0 amide bonds. The van der Waals surface area contributed by atoms with Crippen molar-refractivity contribution in [3.05, 3.63) is 75.2 Å². The summed E-state index contributed by atoms with van der Waals surface area (Å²) in [6, 6.07) is 10.5. The zero-order valence-electron chi connectivity index (χ0n) is 16.0. The lowest BCUT2D eigenvalue weighted by Crippen LogP contribution is -2.38. The topological polar surface area (TPSA) is 96.1 Å². The Morgan fingerprint density at radius 1 is 1.03 bits per heavy atom. The van der Waals surface area contributed by atoms with E-state index in [4.69, 9.17) is 4.74 Å². The molecule has 0 N–H and O–H groups in total. The lowest BCUT2D eigenvalue weighted by molar-refractivity contribution is -0.140. The third kappa shape index (κ3) is 3.08. The first-order chi connectivity index (χ1) is 14.0. The molecule has 146 valence electrons. The molecule has 0 aliphatic rings. The van der Waals surface area contributed by atoms with E-state index in [-0.39, 0.29) is 17.9 Å². The summed E-state index contributed by atoms with van der Waals surface area (Å²) in [6.07, 6.45) is 3.80. The van der Waals surface area contributed by atoms with E-state index in [1.807, 2.05) is 6.07 Å². The van der Waals surface area contributed by atoms with Crippen LogP contribution in [0.5, 0.6) is 0 Å². The molecule has 1 aromatic carbocycles. The molecular formula is C21H18N4O4. The van der Waals surface area contributed by atoms with Gasteiger partial charge in [0.1, 0.15) is 0 Å². The zero-order chi connectivity index (χ0) is 20.5. The smallest absolute Gasteiger partial charge is 0.336 e. The number of fused-ring (bicyclic) bond motifs is 2. The van der Waals surface area contributed by atoms with Gasteiger partial charge >= 0.3 is 11.7 Å². The molecule has 3 aromatic heterocycles. The first kappa shape index (κ1) is 18.5. The number of rotatable bonds is 4. The van der Waals surface area contributed by atoms with Crippen molar-refractivity contribution < 1.29 is 9.53 Å². The van der Waals surface area contributed by atoms with E-state index in [0.717, 1.165) is 15.5 Å². The number of nitrogens with zero attached hydrogens (tertiary/aromatic N) is 4. The molecule has 0 atom stereocenters. The maximum atomic E-state index is 13.1. The van der Waals surface area contributed by atoms with Crippen molar-refractivity contribution in [3.8, 4) is 5.69 Å². The van der Waals surface area contributed by atoms with Crippen LogP contribution in [0.1, 0.15) is 12.0 Å². The molecule has 0 bridgehead atoms. The van der Waals surface area contributed by atoms with Crippen LogP contribution in [-0.2, 0) is 23.0 Å². The molecule has 0 saturated heterocycles. The lowest BCUT2D eigenvalue weighted by atomic mass is 10.0. The van der Waals surface area contributed by atoms with Crippen molar-refractivity contribution in [3.63, 3.8) is 0 Å². The fourth-order valence-corrected chi connectivity index (χ4v) is 3.44. The Hall–Kier alpha value is -3.81. The minimum atomic E-state index is -0.502. The zero-order valence-corrected chi connectivity index (χ0v) is 16.0. The van der Waals surface area contributed by atoms with Gasteiger partial charge in [0.25, 0.3) is 5.56 Å². The summed E-state index contributed by atoms with van der Waals surface area (Å²) in [5.74, 6) is -0.309. The third-order valence-corrected chi connectivity index (χ3v) is 4.94. The highest BCUT2D eigenvalue weighted by atomic mass is 16.5. The van der Waals surface area contributed by atoms with Gasteiger partial charge in [-0.05, 0) is 36.2 Å². The quantitative estimate of drug-likeness (QED) is 0.493. The molecule has 4 rings (SSSR count). The SMILES string of the molecule is COC(=O)CCc1ccc(-n2c(=O)c3ncccc3n(C)c2=O)c2ncccc12. The molecule has 29 heavy (non-hydrogen) atoms. The molecule has 0 radical (unpaired) electrons. The maximum absolute atomic E-state index is 13.1. The molecule has 4 aromatic rings. The van der Waals surface area contributed by atoms with E-state index in [2.05, 4.69) is 9.97 Å². The fourth-order valence-electron chi connectivity index (χ4n) is 3.44. The van der Waals surface area contributed by atoms with Crippen LogP contribution >= 0.6 is 0 Å². The normalized spacial score (nSPS) is 11.1. The van der Waals surface area contributed by atoms with E-state index < -0.39 is 11.2 Å². The second-order valence-electron chi connectivity index (χ2n) is 6.57. The van der Waals surface area contributed by atoms with Crippen molar-refractivity contribution in [2.75, 3.05) is 7.11 Å². The summed E-state index contributed by atoms with van der Waals surface area (Å²) in [5.41, 5.74) is 1.44. The number of esters is 1. The summed E-state index contributed by atoms with van der Waals surface area (Å²) < 4.78 is 7.20. The van der Waals surface area contributed by atoms with Gasteiger partial charge in [-0.3, -0.25) is 19.1 Å². The monoisotopic (exact) mass is 390 g/mol. The highest BCUT2D eigenvalue weighted by Crippen LogP contribution is 2.24. The number of ether oxygens (including phenoxy) is 1. The number of carbonyl (C=O) groups is 1. The molecular weight excluding hydrogens is 372 g/mol. The molecule has 8 nitrogen and oxygen atoms in total. The number of pyridine rings is 2. The fraction of sp³-hybridized carbons (Fsp3) is 0.190. The molecule has 0 fully saturated rings.